The second kappa shape index (κ2) is 8.00. The molecule has 1 fully saturated rings. The van der Waals surface area contributed by atoms with Crippen molar-refractivity contribution in [3.05, 3.63) is 88.4 Å². The van der Waals surface area contributed by atoms with Crippen LogP contribution in [-0.4, -0.2) is 27.7 Å². The molecule has 0 amide bonds. The van der Waals surface area contributed by atoms with Gasteiger partial charge in [-0.25, -0.2) is 9.37 Å². The van der Waals surface area contributed by atoms with Crippen molar-refractivity contribution in [2.24, 2.45) is 0 Å². The summed E-state index contributed by atoms with van der Waals surface area (Å²) in [5.41, 5.74) is 3.16. The van der Waals surface area contributed by atoms with E-state index in [-0.39, 0.29) is 18.0 Å². The first-order valence-electron chi connectivity index (χ1n) is 10.2. The maximum absolute atomic E-state index is 13.0. The van der Waals surface area contributed by atoms with Crippen LogP contribution in [0.2, 0.25) is 0 Å². The van der Waals surface area contributed by atoms with Crippen molar-refractivity contribution in [1.82, 2.24) is 14.5 Å². The van der Waals surface area contributed by atoms with Gasteiger partial charge in [0.25, 0.3) is 5.56 Å². The maximum Gasteiger partial charge on any atom is 0.258 e. The minimum absolute atomic E-state index is 0.197. The predicted octanol–water partition coefficient (Wildman–Crippen LogP) is 4.32. The lowest BCUT2D eigenvalue weighted by Gasteiger charge is -2.32. The zero-order valence-corrected chi connectivity index (χ0v) is 17.0. The number of rotatable bonds is 6. The summed E-state index contributed by atoms with van der Waals surface area (Å²) < 4.78 is 25.6. The van der Waals surface area contributed by atoms with E-state index in [1.165, 1.54) is 18.2 Å². The fourth-order valence-electron chi connectivity index (χ4n) is 3.85. The molecule has 2 aromatic heterocycles. The highest BCUT2D eigenvalue weighted by molar-refractivity contribution is 5.77. The molecule has 6 nitrogen and oxygen atoms in total. The van der Waals surface area contributed by atoms with Gasteiger partial charge in [0.1, 0.15) is 24.0 Å². The Kier molecular flexibility index (Phi) is 5.03. The largest absolute Gasteiger partial charge is 0.489 e. The van der Waals surface area contributed by atoms with Gasteiger partial charge >= 0.3 is 0 Å². The molecule has 5 rings (SSSR count). The SMILES string of the molecule is COC1CC(c2nc3ccc(-n4ccc(OCc5ccc(F)cc5)cc4=O)cc3[nH]2)C1. The number of imidazole rings is 1. The van der Waals surface area contributed by atoms with Crippen LogP contribution >= 0.6 is 0 Å². The van der Waals surface area contributed by atoms with E-state index in [1.54, 1.807) is 36.1 Å². The molecule has 2 heterocycles. The quantitative estimate of drug-likeness (QED) is 0.505. The van der Waals surface area contributed by atoms with Gasteiger partial charge in [0.2, 0.25) is 0 Å². The topological polar surface area (TPSA) is 69.1 Å². The molecule has 158 valence electrons. The van der Waals surface area contributed by atoms with E-state index >= 15 is 0 Å². The number of aromatic amines is 1. The number of halogens is 1. The van der Waals surface area contributed by atoms with Gasteiger partial charge in [-0.3, -0.25) is 9.36 Å². The molecule has 0 atom stereocenters. The van der Waals surface area contributed by atoms with E-state index in [4.69, 9.17) is 14.5 Å². The van der Waals surface area contributed by atoms with Crippen molar-refractivity contribution in [2.75, 3.05) is 7.11 Å². The highest BCUT2D eigenvalue weighted by Crippen LogP contribution is 2.37. The third kappa shape index (κ3) is 3.96. The molecule has 7 heteroatoms. The molecule has 1 N–H and O–H groups in total. The number of aromatic nitrogens is 3. The van der Waals surface area contributed by atoms with Crippen molar-refractivity contribution < 1.29 is 13.9 Å². The van der Waals surface area contributed by atoms with Gasteiger partial charge in [-0.05, 0) is 54.8 Å². The molecule has 0 saturated heterocycles. The van der Waals surface area contributed by atoms with E-state index < -0.39 is 0 Å². The monoisotopic (exact) mass is 419 g/mol. The van der Waals surface area contributed by atoms with Crippen LogP contribution in [0.4, 0.5) is 4.39 Å². The molecule has 1 saturated carbocycles. The number of nitrogens with zero attached hydrogens (tertiary/aromatic N) is 2. The molecule has 0 radical (unpaired) electrons. The van der Waals surface area contributed by atoms with Gasteiger partial charge in [-0.15, -0.1) is 0 Å². The molecule has 2 aromatic carbocycles. The summed E-state index contributed by atoms with van der Waals surface area (Å²) >= 11 is 0. The minimum Gasteiger partial charge on any atom is -0.489 e. The zero-order chi connectivity index (χ0) is 21.4. The Labute approximate surface area is 178 Å². The number of methoxy groups -OCH3 is 1. The molecule has 0 aliphatic heterocycles. The molecule has 31 heavy (non-hydrogen) atoms. The first-order chi connectivity index (χ1) is 15.1. The van der Waals surface area contributed by atoms with E-state index in [0.29, 0.717) is 17.8 Å². The number of fused-ring (bicyclic) bond motifs is 1. The first kappa shape index (κ1) is 19.5. The predicted molar refractivity (Wildman–Crippen MR) is 115 cm³/mol. The highest BCUT2D eigenvalue weighted by atomic mass is 19.1. The maximum atomic E-state index is 13.0. The van der Waals surface area contributed by atoms with Crippen LogP contribution < -0.4 is 10.3 Å². The van der Waals surface area contributed by atoms with E-state index in [0.717, 1.165) is 41.0 Å². The van der Waals surface area contributed by atoms with Gasteiger partial charge in [0, 0.05) is 25.3 Å². The average Bonchev–Trinajstić information content (AvgIpc) is 3.15. The molecular formula is C24H22FN3O3. The molecule has 0 spiro atoms. The number of benzene rings is 2. The lowest BCUT2D eigenvalue weighted by atomic mass is 9.82. The highest BCUT2D eigenvalue weighted by Gasteiger charge is 2.32. The number of hydrogen-bond acceptors (Lipinski definition) is 4. The number of pyridine rings is 1. The fourth-order valence-corrected chi connectivity index (χ4v) is 3.85. The molecule has 1 aliphatic rings. The summed E-state index contributed by atoms with van der Waals surface area (Å²) in [5, 5.41) is 0. The van der Waals surface area contributed by atoms with E-state index in [2.05, 4.69) is 4.98 Å². The van der Waals surface area contributed by atoms with Crippen molar-refractivity contribution in [2.45, 2.75) is 31.5 Å². The first-order valence-corrected chi connectivity index (χ1v) is 10.2. The standard InChI is InChI=1S/C24H22FN3O3/c1-30-20-10-16(11-20)24-26-21-7-6-18(12-22(21)27-24)28-9-8-19(13-23(28)29)31-14-15-2-4-17(25)5-3-15/h2-9,12-13,16,20H,10-11,14H2,1H3,(H,26,27). The average molecular weight is 419 g/mol. The summed E-state index contributed by atoms with van der Waals surface area (Å²) in [6, 6.07) is 15.0. The van der Waals surface area contributed by atoms with Crippen LogP contribution in [0.25, 0.3) is 16.7 Å². The Hall–Kier alpha value is -3.45. The Bertz CT molecular complexity index is 1270. The number of H-pyrrole nitrogens is 1. The van der Waals surface area contributed by atoms with Crippen molar-refractivity contribution >= 4 is 11.0 Å². The third-order valence-corrected chi connectivity index (χ3v) is 5.79. The Morgan fingerprint density at radius 3 is 2.68 bits per heavy atom. The van der Waals surface area contributed by atoms with Gasteiger partial charge < -0.3 is 14.5 Å². The molecule has 1 aliphatic carbocycles. The second-order valence-corrected chi connectivity index (χ2v) is 7.84. The molecule has 0 bridgehead atoms. The summed E-state index contributed by atoms with van der Waals surface area (Å²) in [4.78, 5) is 20.7. The number of ether oxygens (including phenoxy) is 2. The van der Waals surface area contributed by atoms with Crippen LogP contribution in [0.3, 0.4) is 0 Å². The Balaban J connectivity index is 1.33. The van der Waals surface area contributed by atoms with Crippen LogP contribution in [-0.2, 0) is 11.3 Å². The molecular weight excluding hydrogens is 397 g/mol. The van der Waals surface area contributed by atoms with Gasteiger partial charge in [-0.1, -0.05) is 12.1 Å². The van der Waals surface area contributed by atoms with Crippen LogP contribution in [0, 0.1) is 5.82 Å². The van der Waals surface area contributed by atoms with E-state index in [9.17, 15) is 9.18 Å². The fraction of sp³-hybridized carbons (Fsp3) is 0.250. The number of hydrogen-bond donors (Lipinski definition) is 1. The minimum atomic E-state index is -0.292. The smallest absolute Gasteiger partial charge is 0.258 e. The van der Waals surface area contributed by atoms with Gasteiger partial charge in [-0.2, -0.15) is 0 Å². The third-order valence-electron chi connectivity index (χ3n) is 5.79. The molecule has 4 aromatic rings. The zero-order valence-electron chi connectivity index (χ0n) is 17.0. The summed E-state index contributed by atoms with van der Waals surface area (Å²) in [7, 11) is 1.74. The summed E-state index contributed by atoms with van der Waals surface area (Å²) in [5.74, 6) is 1.53. The van der Waals surface area contributed by atoms with Crippen LogP contribution in [0.5, 0.6) is 5.75 Å². The van der Waals surface area contributed by atoms with Crippen molar-refractivity contribution in [3.8, 4) is 11.4 Å². The van der Waals surface area contributed by atoms with Gasteiger partial charge in [0.05, 0.1) is 22.8 Å². The lowest BCUT2D eigenvalue weighted by molar-refractivity contribution is 0.0239. The lowest BCUT2D eigenvalue weighted by Crippen LogP contribution is -2.29. The number of nitrogens with one attached hydrogen (secondary N) is 1. The Morgan fingerprint density at radius 1 is 1.13 bits per heavy atom. The van der Waals surface area contributed by atoms with Crippen LogP contribution in [0.15, 0.2) is 65.6 Å². The second-order valence-electron chi connectivity index (χ2n) is 7.84. The van der Waals surface area contributed by atoms with Gasteiger partial charge in [0.15, 0.2) is 0 Å². The van der Waals surface area contributed by atoms with Crippen molar-refractivity contribution in [3.63, 3.8) is 0 Å². The van der Waals surface area contributed by atoms with Crippen LogP contribution in [0.1, 0.15) is 30.1 Å². The summed E-state index contributed by atoms with van der Waals surface area (Å²) in [6.07, 6.45) is 3.95. The van der Waals surface area contributed by atoms with Crippen molar-refractivity contribution in [1.29, 1.82) is 0 Å². The van der Waals surface area contributed by atoms with E-state index in [1.807, 2.05) is 18.2 Å². The Morgan fingerprint density at radius 2 is 1.94 bits per heavy atom. The normalized spacial score (nSPS) is 18.1. The molecule has 0 unspecified atom stereocenters. The summed E-state index contributed by atoms with van der Waals surface area (Å²) in [6.45, 7) is 0.262.